The molecule has 0 amide bonds. The fourth-order valence-electron chi connectivity index (χ4n) is 1.47. The highest BCUT2D eigenvalue weighted by Gasteiger charge is 2.23. The highest BCUT2D eigenvalue weighted by Crippen LogP contribution is 2.15. The van der Waals surface area contributed by atoms with Crippen molar-refractivity contribution in [3.8, 4) is 0 Å². The van der Waals surface area contributed by atoms with Crippen LogP contribution in [0.3, 0.4) is 0 Å². The van der Waals surface area contributed by atoms with E-state index in [0.717, 1.165) is 24.1 Å². The topological polar surface area (TPSA) is 36.4 Å². The van der Waals surface area contributed by atoms with Gasteiger partial charge in [-0.05, 0) is 27.6 Å². The van der Waals surface area contributed by atoms with Crippen molar-refractivity contribution in [1.29, 1.82) is 0 Å². The van der Waals surface area contributed by atoms with Crippen LogP contribution in [-0.2, 0) is 6.54 Å². The molecule has 1 aliphatic rings. The van der Waals surface area contributed by atoms with Gasteiger partial charge in [-0.1, -0.05) is 0 Å². The van der Waals surface area contributed by atoms with E-state index in [1.807, 2.05) is 6.20 Å². The van der Waals surface area contributed by atoms with Gasteiger partial charge >= 0.3 is 0 Å². The lowest BCUT2D eigenvalue weighted by atomic mass is 10.1. The van der Waals surface area contributed by atoms with Gasteiger partial charge in [0, 0.05) is 36.5 Å². The van der Waals surface area contributed by atoms with Crippen molar-refractivity contribution in [2.75, 3.05) is 13.1 Å². The van der Waals surface area contributed by atoms with E-state index < -0.39 is 0 Å². The van der Waals surface area contributed by atoms with E-state index in [1.54, 1.807) is 6.20 Å². The Balaban J connectivity index is 1.94. The van der Waals surface area contributed by atoms with Crippen LogP contribution < -0.4 is 0 Å². The molecule has 2 rings (SSSR count). The minimum atomic E-state index is -0.125. The number of likely N-dealkylation sites (tertiary alicyclic amines) is 1. The zero-order valence-electron chi connectivity index (χ0n) is 7.15. The second kappa shape index (κ2) is 3.74. The van der Waals surface area contributed by atoms with Crippen molar-refractivity contribution in [1.82, 2.24) is 9.88 Å². The first kappa shape index (κ1) is 9.12. The largest absolute Gasteiger partial charge is 0.390 e. The van der Waals surface area contributed by atoms with Gasteiger partial charge < -0.3 is 5.11 Å². The lowest BCUT2D eigenvalue weighted by molar-refractivity contribution is -0.00292. The Kier molecular flexibility index (Phi) is 2.62. The highest BCUT2D eigenvalue weighted by molar-refractivity contribution is 9.10. The van der Waals surface area contributed by atoms with Crippen LogP contribution in [0.15, 0.2) is 22.9 Å². The molecular weight excluding hydrogens is 232 g/mol. The molecule has 1 aromatic rings. The van der Waals surface area contributed by atoms with Crippen molar-refractivity contribution in [2.24, 2.45) is 0 Å². The quantitative estimate of drug-likeness (QED) is 0.842. The first-order chi connectivity index (χ1) is 6.24. The number of hydrogen-bond acceptors (Lipinski definition) is 3. The van der Waals surface area contributed by atoms with Crippen LogP contribution in [0.1, 0.15) is 5.56 Å². The fraction of sp³-hybridized carbons (Fsp3) is 0.444. The summed E-state index contributed by atoms with van der Waals surface area (Å²) in [7, 11) is 0. The molecule has 1 saturated heterocycles. The number of halogens is 1. The van der Waals surface area contributed by atoms with Crippen LogP contribution in [-0.4, -0.2) is 34.2 Å². The normalized spacial score (nSPS) is 18.6. The van der Waals surface area contributed by atoms with E-state index in [9.17, 15) is 0 Å². The predicted octanol–water partition coefficient (Wildman–Crippen LogP) is 1.02. The maximum absolute atomic E-state index is 9.08. The summed E-state index contributed by atoms with van der Waals surface area (Å²) in [5, 5.41) is 9.08. The molecule has 1 aliphatic heterocycles. The van der Waals surface area contributed by atoms with Crippen molar-refractivity contribution < 1.29 is 5.11 Å². The van der Waals surface area contributed by atoms with Crippen LogP contribution in [0.25, 0.3) is 0 Å². The second-order valence-electron chi connectivity index (χ2n) is 3.36. The van der Waals surface area contributed by atoms with Crippen LogP contribution in [0.4, 0.5) is 0 Å². The van der Waals surface area contributed by atoms with E-state index in [1.165, 1.54) is 5.56 Å². The molecule has 0 aromatic carbocycles. The number of rotatable bonds is 2. The minimum Gasteiger partial charge on any atom is -0.390 e. The van der Waals surface area contributed by atoms with Crippen molar-refractivity contribution in [2.45, 2.75) is 12.6 Å². The lowest BCUT2D eigenvalue weighted by Crippen LogP contribution is -2.49. The number of pyridine rings is 1. The molecule has 3 nitrogen and oxygen atoms in total. The SMILES string of the molecule is OC1CN(Cc2cncc(Br)c2)C1. The third-order valence-electron chi connectivity index (χ3n) is 2.11. The Labute approximate surface area is 85.5 Å². The summed E-state index contributed by atoms with van der Waals surface area (Å²) in [5.74, 6) is 0. The molecule has 0 radical (unpaired) electrons. The first-order valence-electron chi connectivity index (χ1n) is 4.24. The van der Waals surface area contributed by atoms with Crippen LogP contribution in [0, 0.1) is 0 Å². The van der Waals surface area contributed by atoms with E-state index >= 15 is 0 Å². The molecule has 0 aliphatic carbocycles. The third-order valence-corrected chi connectivity index (χ3v) is 2.54. The molecule has 70 valence electrons. The molecule has 0 bridgehead atoms. The van der Waals surface area contributed by atoms with E-state index in [0.29, 0.717) is 0 Å². The molecule has 0 unspecified atom stereocenters. The standard InChI is InChI=1S/C9H11BrN2O/c10-8-1-7(2-11-3-8)4-12-5-9(13)6-12/h1-3,9,13H,4-6H2. The molecule has 0 spiro atoms. The van der Waals surface area contributed by atoms with Gasteiger partial charge in [0.25, 0.3) is 0 Å². The summed E-state index contributed by atoms with van der Waals surface area (Å²) < 4.78 is 1.01. The summed E-state index contributed by atoms with van der Waals surface area (Å²) in [6.45, 7) is 2.45. The van der Waals surface area contributed by atoms with E-state index in [4.69, 9.17) is 5.11 Å². The number of aromatic nitrogens is 1. The molecule has 1 aromatic heterocycles. The van der Waals surface area contributed by atoms with E-state index in [2.05, 4.69) is 31.9 Å². The monoisotopic (exact) mass is 242 g/mol. The van der Waals surface area contributed by atoms with Crippen LogP contribution >= 0.6 is 15.9 Å². The first-order valence-corrected chi connectivity index (χ1v) is 5.03. The number of aliphatic hydroxyl groups excluding tert-OH is 1. The zero-order valence-corrected chi connectivity index (χ0v) is 8.74. The number of β-amino-alcohol motifs (C(OH)–C–C–N with tert-alkyl or cyclic N) is 1. The Morgan fingerprint density at radius 3 is 2.92 bits per heavy atom. The predicted molar refractivity (Wildman–Crippen MR) is 53.2 cm³/mol. The van der Waals surface area contributed by atoms with Gasteiger partial charge in [0.15, 0.2) is 0 Å². The van der Waals surface area contributed by atoms with Gasteiger partial charge in [0.2, 0.25) is 0 Å². The van der Waals surface area contributed by atoms with Crippen LogP contribution in [0.5, 0.6) is 0 Å². The average molecular weight is 243 g/mol. The molecule has 4 heteroatoms. The highest BCUT2D eigenvalue weighted by atomic mass is 79.9. The third kappa shape index (κ3) is 2.27. The molecule has 1 fully saturated rings. The fourth-order valence-corrected chi connectivity index (χ4v) is 1.88. The van der Waals surface area contributed by atoms with Gasteiger partial charge in [0.05, 0.1) is 6.10 Å². The molecule has 0 atom stereocenters. The molecule has 0 saturated carbocycles. The van der Waals surface area contributed by atoms with Crippen molar-refractivity contribution in [3.63, 3.8) is 0 Å². The summed E-state index contributed by atoms with van der Waals surface area (Å²) in [6, 6.07) is 2.05. The molecular formula is C9H11BrN2O. The minimum absolute atomic E-state index is 0.125. The maximum atomic E-state index is 9.08. The van der Waals surface area contributed by atoms with E-state index in [-0.39, 0.29) is 6.10 Å². The van der Waals surface area contributed by atoms with Crippen LogP contribution in [0.2, 0.25) is 0 Å². The summed E-state index contributed by atoms with van der Waals surface area (Å²) in [5.41, 5.74) is 1.18. The Morgan fingerprint density at radius 1 is 1.54 bits per heavy atom. The van der Waals surface area contributed by atoms with Gasteiger partial charge in [-0.2, -0.15) is 0 Å². The molecule has 1 N–H and O–H groups in total. The average Bonchev–Trinajstić information content (AvgIpc) is 2.01. The van der Waals surface area contributed by atoms with Gasteiger partial charge in [-0.3, -0.25) is 9.88 Å². The van der Waals surface area contributed by atoms with Gasteiger partial charge in [0.1, 0.15) is 0 Å². The Hall–Kier alpha value is -0.450. The summed E-state index contributed by atoms with van der Waals surface area (Å²) >= 11 is 3.37. The Bertz CT molecular complexity index is 299. The summed E-state index contributed by atoms with van der Waals surface area (Å²) in [6.07, 6.45) is 3.50. The zero-order chi connectivity index (χ0) is 9.26. The van der Waals surface area contributed by atoms with Gasteiger partial charge in [-0.15, -0.1) is 0 Å². The number of aliphatic hydroxyl groups is 1. The van der Waals surface area contributed by atoms with Crippen molar-refractivity contribution in [3.05, 3.63) is 28.5 Å². The van der Waals surface area contributed by atoms with Crippen molar-refractivity contribution >= 4 is 15.9 Å². The number of hydrogen-bond donors (Lipinski definition) is 1. The molecule has 13 heavy (non-hydrogen) atoms. The summed E-state index contributed by atoms with van der Waals surface area (Å²) in [4.78, 5) is 6.27. The smallest absolute Gasteiger partial charge is 0.0794 e. The van der Waals surface area contributed by atoms with Gasteiger partial charge in [-0.25, -0.2) is 0 Å². The number of nitrogens with zero attached hydrogens (tertiary/aromatic N) is 2. The Morgan fingerprint density at radius 2 is 2.31 bits per heavy atom. The molecule has 2 heterocycles. The second-order valence-corrected chi connectivity index (χ2v) is 4.27. The lowest BCUT2D eigenvalue weighted by Gasteiger charge is -2.35. The maximum Gasteiger partial charge on any atom is 0.0794 e.